The first-order valence-corrected chi connectivity index (χ1v) is 8.38. The lowest BCUT2D eigenvalue weighted by molar-refractivity contribution is 0.597. The Balaban J connectivity index is 1.78. The molecule has 1 aliphatic rings. The van der Waals surface area contributed by atoms with Gasteiger partial charge in [0, 0.05) is 17.9 Å². The Kier molecular flexibility index (Phi) is 3.46. The Morgan fingerprint density at radius 1 is 1.43 bits per heavy atom. The molecule has 3 N–H and O–H groups in total. The second-order valence-electron chi connectivity index (χ2n) is 5.40. The normalized spacial score (nSPS) is 15.1. The first kappa shape index (κ1) is 14.1. The predicted octanol–water partition coefficient (Wildman–Crippen LogP) is 1.79. The van der Waals surface area contributed by atoms with E-state index in [0.717, 1.165) is 11.4 Å². The van der Waals surface area contributed by atoms with Crippen molar-refractivity contribution in [2.24, 2.45) is 5.14 Å². The van der Waals surface area contributed by atoms with Crippen molar-refractivity contribution >= 4 is 15.7 Å². The summed E-state index contributed by atoms with van der Waals surface area (Å²) in [4.78, 5) is 4.33. The van der Waals surface area contributed by atoms with Crippen molar-refractivity contribution in [3.8, 4) is 0 Å². The van der Waals surface area contributed by atoms with Crippen molar-refractivity contribution in [3.05, 3.63) is 42.0 Å². The number of anilines is 1. The highest BCUT2D eigenvalue weighted by Crippen LogP contribution is 2.35. The molecular weight excluding hydrogens is 288 g/mol. The summed E-state index contributed by atoms with van der Waals surface area (Å²) >= 11 is 0. The molecule has 0 radical (unpaired) electrons. The number of nitrogens with zero attached hydrogens (tertiary/aromatic N) is 2. The molecule has 0 atom stereocenters. The van der Waals surface area contributed by atoms with E-state index in [1.165, 1.54) is 12.8 Å². The zero-order valence-electron chi connectivity index (χ0n) is 11.8. The summed E-state index contributed by atoms with van der Waals surface area (Å²) in [6, 6.07) is 5.74. The van der Waals surface area contributed by atoms with Gasteiger partial charge in [-0.3, -0.25) is 0 Å². The van der Waals surface area contributed by atoms with Gasteiger partial charge in [0.2, 0.25) is 10.0 Å². The van der Waals surface area contributed by atoms with E-state index in [4.69, 9.17) is 5.14 Å². The smallest absolute Gasteiger partial charge is 0.238 e. The fourth-order valence-corrected chi connectivity index (χ4v) is 3.17. The Morgan fingerprint density at radius 2 is 2.19 bits per heavy atom. The van der Waals surface area contributed by atoms with Crippen LogP contribution in [0.1, 0.15) is 30.1 Å². The van der Waals surface area contributed by atoms with Crippen molar-refractivity contribution < 1.29 is 8.42 Å². The third kappa shape index (κ3) is 3.08. The van der Waals surface area contributed by atoms with Crippen LogP contribution in [0.25, 0.3) is 0 Å². The number of hydrogen-bond acceptors (Lipinski definition) is 4. The number of nitrogens with one attached hydrogen (secondary N) is 1. The van der Waals surface area contributed by atoms with Gasteiger partial charge in [-0.2, -0.15) is 0 Å². The van der Waals surface area contributed by atoms with Crippen LogP contribution in [0.15, 0.2) is 35.6 Å². The lowest BCUT2D eigenvalue weighted by Gasteiger charge is -2.11. The van der Waals surface area contributed by atoms with E-state index in [1.807, 2.05) is 18.6 Å². The Hall–Kier alpha value is -1.86. The minimum Gasteiger partial charge on any atom is -0.379 e. The summed E-state index contributed by atoms with van der Waals surface area (Å²) in [7, 11) is -3.70. The monoisotopic (exact) mass is 306 g/mol. The van der Waals surface area contributed by atoms with E-state index < -0.39 is 10.0 Å². The van der Waals surface area contributed by atoms with Gasteiger partial charge in [0.25, 0.3) is 0 Å². The summed E-state index contributed by atoms with van der Waals surface area (Å²) in [6.07, 6.45) is 6.08. The van der Waals surface area contributed by atoms with E-state index >= 15 is 0 Å². The van der Waals surface area contributed by atoms with Crippen LogP contribution < -0.4 is 10.5 Å². The van der Waals surface area contributed by atoms with Crippen molar-refractivity contribution in [1.29, 1.82) is 0 Å². The average molecular weight is 306 g/mol. The number of hydrogen-bond donors (Lipinski definition) is 2. The molecule has 0 amide bonds. The van der Waals surface area contributed by atoms with Crippen LogP contribution in [0, 0.1) is 6.92 Å². The molecule has 7 heteroatoms. The van der Waals surface area contributed by atoms with Crippen LogP contribution in [0.2, 0.25) is 0 Å². The highest BCUT2D eigenvalue weighted by Gasteiger charge is 2.25. The molecule has 1 aliphatic carbocycles. The number of aryl methyl sites for hydroxylation is 1. The van der Waals surface area contributed by atoms with E-state index in [2.05, 4.69) is 14.9 Å². The molecule has 2 aromatic rings. The molecule has 112 valence electrons. The van der Waals surface area contributed by atoms with Gasteiger partial charge in [-0.1, -0.05) is 6.07 Å². The van der Waals surface area contributed by atoms with E-state index in [0.29, 0.717) is 18.2 Å². The topological polar surface area (TPSA) is 90.0 Å². The minimum absolute atomic E-state index is 0.156. The molecular formula is C14H18N4O2S. The standard InChI is InChI=1S/C14H18N4O2S/c1-10-2-3-11(6-14(10)21(15,19)20)17-8-13-7-16-9-18(13)12-4-5-12/h2-3,6-7,9,12,17H,4-5,8H2,1H3,(H2,15,19,20). The summed E-state index contributed by atoms with van der Waals surface area (Å²) in [6.45, 7) is 2.33. The van der Waals surface area contributed by atoms with Crippen LogP contribution in [0.3, 0.4) is 0 Å². The SMILES string of the molecule is Cc1ccc(NCc2cncn2C2CC2)cc1S(N)(=O)=O. The van der Waals surface area contributed by atoms with E-state index in [-0.39, 0.29) is 4.90 Å². The summed E-state index contributed by atoms with van der Waals surface area (Å²) in [5.74, 6) is 0. The van der Waals surface area contributed by atoms with Gasteiger partial charge < -0.3 is 9.88 Å². The molecule has 1 aromatic carbocycles. The number of benzene rings is 1. The van der Waals surface area contributed by atoms with Crippen LogP contribution in [0.4, 0.5) is 5.69 Å². The zero-order valence-corrected chi connectivity index (χ0v) is 12.6. The molecule has 6 nitrogen and oxygen atoms in total. The van der Waals surface area contributed by atoms with Gasteiger partial charge in [-0.25, -0.2) is 18.5 Å². The van der Waals surface area contributed by atoms with Gasteiger partial charge in [-0.15, -0.1) is 0 Å². The third-order valence-electron chi connectivity index (χ3n) is 3.65. The fourth-order valence-electron chi connectivity index (χ4n) is 2.36. The molecule has 0 saturated heterocycles. The minimum atomic E-state index is -3.70. The number of sulfonamides is 1. The summed E-state index contributed by atoms with van der Waals surface area (Å²) in [5.41, 5.74) is 2.47. The highest BCUT2D eigenvalue weighted by molar-refractivity contribution is 7.89. The Bertz CT molecular complexity index is 763. The molecule has 0 unspecified atom stereocenters. The van der Waals surface area contributed by atoms with Gasteiger partial charge in [0.05, 0.1) is 23.5 Å². The molecule has 0 aliphatic heterocycles. The van der Waals surface area contributed by atoms with Gasteiger partial charge >= 0.3 is 0 Å². The maximum absolute atomic E-state index is 11.5. The quantitative estimate of drug-likeness (QED) is 0.881. The number of nitrogens with two attached hydrogens (primary N) is 1. The molecule has 0 bridgehead atoms. The lowest BCUT2D eigenvalue weighted by atomic mass is 10.2. The van der Waals surface area contributed by atoms with Crippen LogP contribution in [-0.4, -0.2) is 18.0 Å². The van der Waals surface area contributed by atoms with Crippen molar-refractivity contribution in [3.63, 3.8) is 0 Å². The van der Waals surface area contributed by atoms with Crippen LogP contribution >= 0.6 is 0 Å². The van der Waals surface area contributed by atoms with E-state index in [1.54, 1.807) is 19.1 Å². The largest absolute Gasteiger partial charge is 0.379 e. The van der Waals surface area contributed by atoms with Gasteiger partial charge in [0.1, 0.15) is 0 Å². The highest BCUT2D eigenvalue weighted by atomic mass is 32.2. The molecule has 1 heterocycles. The number of imidazole rings is 1. The maximum atomic E-state index is 11.5. The third-order valence-corrected chi connectivity index (χ3v) is 4.71. The average Bonchev–Trinajstić information content (AvgIpc) is 3.15. The molecule has 3 rings (SSSR count). The fraction of sp³-hybridized carbons (Fsp3) is 0.357. The molecule has 1 saturated carbocycles. The second kappa shape index (κ2) is 5.16. The Morgan fingerprint density at radius 3 is 2.86 bits per heavy atom. The van der Waals surface area contributed by atoms with Crippen molar-refractivity contribution in [1.82, 2.24) is 9.55 Å². The zero-order chi connectivity index (χ0) is 15.0. The predicted molar refractivity (Wildman–Crippen MR) is 80.4 cm³/mol. The number of rotatable bonds is 5. The lowest BCUT2D eigenvalue weighted by Crippen LogP contribution is -2.14. The molecule has 0 spiro atoms. The van der Waals surface area contributed by atoms with Crippen molar-refractivity contribution in [2.75, 3.05) is 5.32 Å². The van der Waals surface area contributed by atoms with E-state index in [9.17, 15) is 8.42 Å². The number of primary sulfonamides is 1. The van der Waals surface area contributed by atoms with Crippen LogP contribution in [-0.2, 0) is 16.6 Å². The molecule has 21 heavy (non-hydrogen) atoms. The first-order valence-electron chi connectivity index (χ1n) is 6.83. The van der Waals surface area contributed by atoms with Gasteiger partial charge in [-0.05, 0) is 37.5 Å². The number of aromatic nitrogens is 2. The Labute approximate surface area is 124 Å². The maximum Gasteiger partial charge on any atom is 0.238 e. The van der Waals surface area contributed by atoms with Crippen molar-refractivity contribution in [2.45, 2.75) is 37.2 Å². The first-order chi connectivity index (χ1) is 9.95. The van der Waals surface area contributed by atoms with Gasteiger partial charge in [0.15, 0.2) is 0 Å². The molecule has 1 aromatic heterocycles. The summed E-state index contributed by atoms with van der Waals surface area (Å²) < 4.78 is 25.2. The summed E-state index contributed by atoms with van der Waals surface area (Å²) in [5, 5.41) is 8.45. The van der Waals surface area contributed by atoms with Crippen LogP contribution in [0.5, 0.6) is 0 Å². The molecule has 1 fully saturated rings. The second-order valence-corrected chi connectivity index (χ2v) is 6.93.